The van der Waals surface area contributed by atoms with E-state index >= 15 is 0 Å². The number of aliphatic carboxylic acids is 1. The van der Waals surface area contributed by atoms with Crippen molar-refractivity contribution in [2.24, 2.45) is 0 Å². The second-order valence-electron chi connectivity index (χ2n) is 4.71. The third kappa shape index (κ3) is 3.78. The molecule has 0 saturated carbocycles. The van der Waals surface area contributed by atoms with E-state index in [1.807, 2.05) is 30.3 Å². The van der Waals surface area contributed by atoms with Gasteiger partial charge in [-0.2, -0.15) is 0 Å². The number of aromatic nitrogens is 1. The van der Waals surface area contributed by atoms with E-state index in [0.717, 1.165) is 21.7 Å². The zero-order valence-corrected chi connectivity index (χ0v) is 13.5. The maximum atomic E-state index is 13.2. The fourth-order valence-corrected chi connectivity index (χ4v) is 3.97. The molecule has 0 amide bonds. The Morgan fingerprint density at radius 2 is 1.78 bits per heavy atom. The normalized spacial score (nSPS) is 10.7. The molecule has 0 aliphatic heterocycles. The van der Waals surface area contributed by atoms with Crippen molar-refractivity contribution in [3.63, 3.8) is 0 Å². The molecule has 0 fully saturated rings. The first-order valence-electron chi connectivity index (χ1n) is 6.80. The van der Waals surface area contributed by atoms with Crippen LogP contribution < -0.4 is 0 Å². The minimum Gasteiger partial charge on any atom is -0.481 e. The van der Waals surface area contributed by atoms with Crippen LogP contribution in [-0.4, -0.2) is 21.8 Å². The maximum absolute atomic E-state index is 13.2. The van der Waals surface area contributed by atoms with E-state index in [0.29, 0.717) is 4.34 Å². The van der Waals surface area contributed by atoms with Crippen LogP contribution in [0.25, 0.3) is 21.7 Å². The highest BCUT2D eigenvalue weighted by molar-refractivity contribution is 8.01. The molecule has 116 valence electrons. The molecule has 1 N–H and O–H groups in total. The predicted octanol–water partition coefficient (Wildman–Crippen LogP) is 4.79. The van der Waals surface area contributed by atoms with E-state index in [-0.39, 0.29) is 11.6 Å². The van der Waals surface area contributed by atoms with Crippen molar-refractivity contribution < 1.29 is 14.3 Å². The van der Waals surface area contributed by atoms with Crippen molar-refractivity contribution in [3.8, 4) is 21.7 Å². The van der Waals surface area contributed by atoms with E-state index in [1.165, 1.54) is 35.2 Å². The second kappa shape index (κ2) is 6.93. The molecule has 0 bridgehead atoms. The smallest absolute Gasteiger partial charge is 0.313 e. The van der Waals surface area contributed by atoms with Crippen LogP contribution in [0.1, 0.15) is 0 Å². The lowest BCUT2D eigenvalue weighted by Gasteiger charge is -2.02. The van der Waals surface area contributed by atoms with Crippen molar-refractivity contribution in [2.75, 3.05) is 5.75 Å². The van der Waals surface area contributed by atoms with Crippen LogP contribution >= 0.6 is 23.1 Å². The van der Waals surface area contributed by atoms with Gasteiger partial charge < -0.3 is 5.11 Å². The number of thioether (sulfide) groups is 1. The van der Waals surface area contributed by atoms with Gasteiger partial charge in [0.2, 0.25) is 0 Å². The van der Waals surface area contributed by atoms with Crippen molar-refractivity contribution in [2.45, 2.75) is 4.34 Å². The SMILES string of the molecule is O=C(O)CSc1nc(-c2ccc(F)cc2)c(-c2ccccc2)s1. The molecule has 2 aromatic carbocycles. The Morgan fingerprint density at radius 3 is 2.43 bits per heavy atom. The summed E-state index contributed by atoms with van der Waals surface area (Å²) in [6.07, 6.45) is 0. The molecule has 0 atom stereocenters. The number of halogens is 1. The van der Waals surface area contributed by atoms with Crippen molar-refractivity contribution >= 4 is 29.1 Å². The van der Waals surface area contributed by atoms with E-state index in [1.54, 1.807) is 12.1 Å². The summed E-state index contributed by atoms with van der Waals surface area (Å²) in [4.78, 5) is 16.3. The van der Waals surface area contributed by atoms with Gasteiger partial charge >= 0.3 is 5.97 Å². The van der Waals surface area contributed by atoms with Gasteiger partial charge in [-0.25, -0.2) is 9.37 Å². The van der Waals surface area contributed by atoms with Crippen LogP contribution in [0.15, 0.2) is 58.9 Å². The van der Waals surface area contributed by atoms with Crippen molar-refractivity contribution in [1.82, 2.24) is 4.98 Å². The number of hydrogen-bond donors (Lipinski definition) is 1. The molecule has 3 nitrogen and oxygen atoms in total. The number of thiazole rings is 1. The Morgan fingerprint density at radius 1 is 1.09 bits per heavy atom. The Bertz CT molecular complexity index is 816. The summed E-state index contributed by atoms with van der Waals surface area (Å²) in [7, 11) is 0. The van der Waals surface area contributed by atoms with Crippen LogP contribution in [-0.2, 0) is 4.79 Å². The summed E-state index contributed by atoms with van der Waals surface area (Å²) in [5.74, 6) is -1.22. The van der Waals surface area contributed by atoms with Crippen LogP contribution in [0.2, 0.25) is 0 Å². The first-order valence-corrected chi connectivity index (χ1v) is 8.60. The van der Waals surface area contributed by atoms with Crippen LogP contribution in [0.5, 0.6) is 0 Å². The standard InChI is InChI=1S/C17H12FNO2S2/c18-13-8-6-11(7-9-13)15-16(12-4-2-1-3-5-12)23-17(19-15)22-10-14(20)21/h1-9H,10H2,(H,20,21). The monoisotopic (exact) mass is 345 g/mol. The first-order chi connectivity index (χ1) is 11.1. The lowest BCUT2D eigenvalue weighted by molar-refractivity contribution is -0.133. The molecular weight excluding hydrogens is 333 g/mol. The Labute approximate surface area is 140 Å². The fraction of sp³-hybridized carbons (Fsp3) is 0.0588. The average molecular weight is 345 g/mol. The van der Waals surface area contributed by atoms with Crippen molar-refractivity contribution in [3.05, 3.63) is 60.4 Å². The fourth-order valence-electron chi connectivity index (χ4n) is 2.07. The van der Waals surface area contributed by atoms with Gasteiger partial charge in [-0.05, 0) is 29.8 Å². The highest BCUT2D eigenvalue weighted by Gasteiger charge is 2.16. The Balaban J connectivity index is 2.05. The molecule has 0 saturated heterocycles. The van der Waals surface area contributed by atoms with Gasteiger partial charge in [-0.15, -0.1) is 11.3 Å². The molecule has 1 aromatic heterocycles. The molecule has 0 spiro atoms. The van der Waals surface area contributed by atoms with Gasteiger partial charge in [0.15, 0.2) is 4.34 Å². The van der Waals surface area contributed by atoms with E-state index in [4.69, 9.17) is 5.11 Å². The predicted molar refractivity (Wildman–Crippen MR) is 91.3 cm³/mol. The highest BCUT2D eigenvalue weighted by Crippen LogP contribution is 2.40. The van der Waals surface area contributed by atoms with E-state index < -0.39 is 5.97 Å². The highest BCUT2D eigenvalue weighted by atomic mass is 32.2. The minimum absolute atomic E-state index is 0.0371. The summed E-state index contributed by atoms with van der Waals surface area (Å²) in [5.41, 5.74) is 2.56. The van der Waals surface area contributed by atoms with Crippen molar-refractivity contribution in [1.29, 1.82) is 0 Å². The van der Waals surface area contributed by atoms with Crippen LogP contribution in [0, 0.1) is 5.82 Å². The number of carbonyl (C=O) groups is 1. The topological polar surface area (TPSA) is 50.2 Å². The largest absolute Gasteiger partial charge is 0.481 e. The number of rotatable bonds is 5. The van der Waals surface area contributed by atoms with Gasteiger partial charge in [0, 0.05) is 5.56 Å². The summed E-state index contributed by atoms with van der Waals surface area (Å²) in [6, 6.07) is 15.9. The number of carboxylic acids is 1. The lowest BCUT2D eigenvalue weighted by atomic mass is 10.1. The lowest BCUT2D eigenvalue weighted by Crippen LogP contribution is -1.96. The number of benzene rings is 2. The van der Waals surface area contributed by atoms with Gasteiger partial charge in [-0.3, -0.25) is 4.79 Å². The molecule has 3 rings (SSSR count). The summed E-state index contributed by atoms with van der Waals surface area (Å²) >= 11 is 2.64. The molecule has 0 aliphatic rings. The number of carboxylic acid groups (broad SMARTS) is 1. The zero-order valence-electron chi connectivity index (χ0n) is 11.9. The minimum atomic E-state index is -0.880. The van der Waals surface area contributed by atoms with Crippen LogP contribution in [0.4, 0.5) is 4.39 Å². The number of nitrogens with zero attached hydrogens (tertiary/aromatic N) is 1. The Hall–Kier alpha value is -2.18. The molecule has 23 heavy (non-hydrogen) atoms. The average Bonchev–Trinajstić information content (AvgIpc) is 2.99. The first kappa shape index (κ1) is 15.7. The van der Waals surface area contributed by atoms with E-state index in [9.17, 15) is 9.18 Å². The summed E-state index contributed by atoms with van der Waals surface area (Å²) in [5, 5.41) is 8.83. The second-order valence-corrected chi connectivity index (χ2v) is 6.93. The molecule has 3 aromatic rings. The molecule has 6 heteroatoms. The molecule has 0 aliphatic carbocycles. The van der Waals surface area contributed by atoms with Gasteiger partial charge in [0.1, 0.15) is 5.82 Å². The third-order valence-electron chi connectivity index (χ3n) is 3.08. The summed E-state index contributed by atoms with van der Waals surface area (Å²) in [6.45, 7) is 0. The van der Waals surface area contributed by atoms with E-state index in [2.05, 4.69) is 4.98 Å². The molecule has 1 heterocycles. The Kier molecular flexibility index (Phi) is 4.73. The molecule has 0 unspecified atom stereocenters. The van der Waals surface area contributed by atoms with Gasteiger partial charge in [0.05, 0.1) is 16.3 Å². The number of hydrogen-bond acceptors (Lipinski definition) is 4. The zero-order chi connectivity index (χ0) is 16.2. The van der Waals surface area contributed by atoms with Crippen LogP contribution in [0.3, 0.4) is 0 Å². The molecule has 0 radical (unpaired) electrons. The molecular formula is C17H12FNO2S2. The summed E-state index contributed by atoms with van der Waals surface area (Å²) < 4.78 is 13.8. The van der Waals surface area contributed by atoms with Gasteiger partial charge in [0.25, 0.3) is 0 Å². The van der Waals surface area contributed by atoms with Gasteiger partial charge in [-0.1, -0.05) is 42.1 Å². The quantitative estimate of drug-likeness (QED) is 0.675. The third-order valence-corrected chi connectivity index (χ3v) is 5.31. The maximum Gasteiger partial charge on any atom is 0.313 e.